The molecule has 1 fully saturated rings. The molecular formula is C14H20ClN3O3S. The molecule has 8 heteroatoms. The number of carbonyl (C=O) groups is 1. The third-order valence-electron chi connectivity index (χ3n) is 3.17. The van der Waals surface area contributed by atoms with Gasteiger partial charge in [0.2, 0.25) is 0 Å². The molecule has 22 heavy (non-hydrogen) atoms. The van der Waals surface area contributed by atoms with Crippen LogP contribution in [0.2, 0.25) is 5.15 Å². The first-order chi connectivity index (χ1) is 10.2. The second-order valence-corrected chi connectivity index (χ2v) is 8.10. The summed E-state index contributed by atoms with van der Waals surface area (Å²) in [5, 5.41) is 0.705. The van der Waals surface area contributed by atoms with E-state index >= 15 is 0 Å². The molecule has 2 rings (SSSR count). The zero-order valence-corrected chi connectivity index (χ0v) is 14.5. The largest absolute Gasteiger partial charge is 0.444 e. The fraction of sp³-hybridized carbons (Fsp3) is 0.643. The van der Waals surface area contributed by atoms with Crippen LogP contribution in [0.5, 0.6) is 0 Å². The highest BCUT2D eigenvalue weighted by Gasteiger charge is 2.30. The van der Waals surface area contributed by atoms with Crippen LogP contribution >= 0.6 is 11.6 Å². The summed E-state index contributed by atoms with van der Waals surface area (Å²) in [5.41, 5.74) is -0.504. The molecule has 0 aliphatic carbocycles. The number of aromatic nitrogens is 2. The predicted molar refractivity (Wildman–Crippen MR) is 84.2 cm³/mol. The van der Waals surface area contributed by atoms with E-state index in [0.29, 0.717) is 23.9 Å². The second-order valence-electron chi connectivity index (χ2n) is 6.27. The Kier molecular flexibility index (Phi) is 5.39. The van der Waals surface area contributed by atoms with Gasteiger partial charge >= 0.3 is 6.09 Å². The molecule has 1 amide bonds. The molecule has 0 spiro atoms. The number of halogens is 1. The third kappa shape index (κ3) is 4.91. The minimum atomic E-state index is -1.25. The Morgan fingerprint density at radius 3 is 2.86 bits per heavy atom. The highest BCUT2D eigenvalue weighted by Crippen LogP contribution is 2.22. The summed E-state index contributed by atoms with van der Waals surface area (Å²) in [5.74, 6) is 0.620. The molecule has 2 atom stereocenters. The first kappa shape index (κ1) is 17.1. The Morgan fingerprint density at radius 1 is 1.50 bits per heavy atom. The van der Waals surface area contributed by atoms with E-state index in [0.717, 1.165) is 6.42 Å². The third-order valence-corrected chi connectivity index (χ3v) is 4.84. The highest BCUT2D eigenvalue weighted by molar-refractivity contribution is 7.85. The monoisotopic (exact) mass is 345 g/mol. The summed E-state index contributed by atoms with van der Waals surface area (Å²) in [6.45, 7) is 6.70. The van der Waals surface area contributed by atoms with Gasteiger partial charge in [-0.25, -0.2) is 14.8 Å². The first-order valence-corrected chi connectivity index (χ1v) is 8.78. The van der Waals surface area contributed by atoms with Crippen LogP contribution < -0.4 is 0 Å². The molecule has 1 saturated heterocycles. The summed E-state index contributed by atoms with van der Waals surface area (Å²) >= 11 is 5.78. The lowest BCUT2D eigenvalue weighted by molar-refractivity contribution is 0.0289. The smallest absolute Gasteiger partial charge is 0.410 e. The molecule has 1 aromatic rings. The van der Waals surface area contributed by atoms with Gasteiger partial charge < -0.3 is 9.64 Å². The second kappa shape index (κ2) is 6.91. The van der Waals surface area contributed by atoms with Gasteiger partial charge in [-0.15, -0.1) is 0 Å². The van der Waals surface area contributed by atoms with Crippen molar-refractivity contribution in [3.05, 3.63) is 17.5 Å². The Labute approximate surface area is 137 Å². The van der Waals surface area contributed by atoms with Crippen LogP contribution in [0.1, 0.15) is 27.2 Å². The van der Waals surface area contributed by atoms with E-state index in [1.54, 1.807) is 4.90 Å². The van der Waals surface area contributed by atoms with Gasteiger partial charge in [0.15, 0.2) is 0 Å². The van der Waals surface area contributed by atoms with E-state index in [9.17, 15) is 9.00 Å². The summed E-state index contributed by atoms with van der Waals surface area (Å²) < 4.78 is 17.6. The maximum atomic E-state index is 12.3. The van der Waals surface area contributed by atoms with Gasteiger partial charge in [0, 0.05) is 24.9 Å². The number of likely N-dealkylation sites (tertiary alicyclic amines) is 1. The maximum absolute atomic E-state index is 12.3. The van der Waals surface area contributed by atoms with Gasteiger partial charge in [0.1, 0.15) is 22.1 Å². The van der Waals surface area contributed by atoms with E-state index < -0.39 is 16.4 Å². The van der Waals surface area contributed by atoms with Crippen LogP contribution in [0.25, 0.3) is 0 Å². The lowest BCUT2D eigenvalue weighted by Gasteiger charge is -2.24. The molecule has 0 aromatic carbocycles. The number of amides is 1. The minimum Gasteiger partial charge on any atom is -0.444 e. The van der Waals surface area contributed by atoms with Crippen molar-refractivity contribution < 1.29 is 13.7 Å². The van der Waals surface area contributed by atoms with Crippen molar-refractivity contribution in [2.75, 3.05) is 18.8 Å². The molecule has 0 saturated carbocycles. The zero-order valence-electron chi connectivity index (χ0n) is 12.9. The topological polar surface area (TPSA) is 72.4 Å². The normalized spacial score (nSPS) is 20.0. The summed E-state index contributed by atoms with van der Waals surface area (Å²) in [4.78, 5) is 21.4. The molecule has 0 bridgehead atoms. The summed E-state index contributed by atoms with van der Waals surface area (Å²) in [6, 6.07) is 1.51. The first-order valence-electron chi connectivity index (χ1n) is 7.08. The summed E-state index contributed by atoms with van der Waals surface area (Å²) in [6.07, 6.45) is 1.80. The zero-order chi connectivity index (χ0) is 16.3. The van der Waals surface area contributed by atoms with Gasteiger partial charge in [0.05, 0.1) is 10.8 Å². The average molecular weight is 346 g/mol. The molecule has 1 aliphatic heterocycles. The van der Waals surface area contributed by atoms with Crippen molar-refractivity contribution >= 4 is 28.5 Å². The van der Waals surface area contributed by atoms with Gasteiger partial charge in [-0.1, -0.05) is 11.6 Å². The van der Waals surface area contributed by atoms with Crippen molar-refractivity contribution in [3.8, 4) is 0 Å². The van der Waals surface area contributed by atoms with Crippen molar-refractivity contribution in [3.63, 3.8) is 0 Å². The van der Waals surface area contributed by atoms with E-state index in [2.05, 4.69) is 9.97 Å². The lowest BCUT2D eigenvalue weighted by atomic mass is 10.2. The van der Waals surface area contributed by atoms with E-state index in [-0.39, 0.29) is 17.2 Å². The van der Waals surface area contributed by atoms with Gasteiger partial charge in [-0.05, 0) is 33.1 Å². The number of carbonyl (C=O) groups excluding carboxylic acids is 1. The van der Waals surface area contributed by atoms with Crippen LogP contribution in [0.4, 0.5) is 4.79 Å². The van der Waals surface area contributed by atoms with E-state index in [1.807, 2.05) is 20.8 Å². The van der Waals surface area contributed by atoms with E-state index in [1.165, 1.54) is 12.4 Å². The quantitative estimate of drug-likeness (QED) is 0.787. The molecule has 122 valence electrons. The van der Waals surface area contributed by atoms with E-state index in [4.69, 9.17) is 16.3 Å². The van der Waals surface area contributed by atoms with Gasteiger partial charge in [-0.3, -0.25) is 4.21 Å². The number of rotatable bonds is 3. The SMILES string of the molecule is CC(C)(C)OC(=O)N1CC[C@H](C[S@@](=O)c2cc(Cl)ncn2)C1. The molecule has 0 N–H and O–H groups in total. The summed E-state index contributed by atoms with van der Waals surface area (Å²) in [7, 11) is -1.25. The van der Waals surface area contributed by atoms with Crippen molar-refractivity contribution in [1.29, 1.82) is 0 Å². The number of hydrogen-bond donors (Lipinski definition) is 0. The van der Waals surface area contributed by atoms with Crippen LogP contribution in [-0.2, 0) is 15.5 Å². The van der Waals surface area contributed by atoms with Crippen LogP contribution in [-0.4, -0.2) is 49.6 Å². The molecule has 1 aliphatic rings. The molecular weight excluding hydrogens is 326 g/mol. The number of ether oxygens (including phenoxy) is 1. The standard InChI is InChI=1S/C14H20ClN3O3S/c1-14(2,3)21-13(19)18-5-4-10(7-18)8-22(20)12-6-11(15)16-9-17-12/h6,9-10H,4-5,7-8H2,1-3H3/t10-,22+/m0/s1. The Hall–Kier alpha value is -1.21. The van der Waals surface area contributed by atoms with Crippen LogP contribution in [0.15, 0.2) is 17.4 Å². The van der Waals surface area contributed by atoms with Crippen molar-refractivity contribution in [2.24, 2.45) is 5.92 Å². The molecule has 2 heterocycles. The Bertz CT molecular complexity index is 577. The Balaban J connectivity index is 1.88. The van der Waals surface area contributed by atoms with Crippen molar-refractivity contribution in [2.45, 2.75) is 37.8 Å². The van der Waals surface area contributed by atoms with Crippen molar-refractivity contribution in [1.82, 2.24) is 14.9 Å². The Morgan fingerprint density at radius 2 is 2.23 bits per heavy atom. The minimum absolute atomic E-state index is 0.169. The molecule has 6 nitrogen and oxygen atoms in total. The molecule has 1 aromatic heterocycles. The fourth-order valence-electron chi connectivity index (χ4n) is 2.20. The molecule has 0 unspecified atom stereocenters. The van der Waals surface area contributed by atoms with Crippen LogP contribution in [0, 0.1) is 5.92 Å². The highest BCUT2D eigenvalue weighted by atomic mass is 35.5. The number of hydrogen-bond acceptors (Lipinski definition) is 5. The fourth-order valence-corrected chi connectivity index (χ4v) is 3.69. The molecule has 0 radical (unpaired) electrons. The maximum Gasteiger partial charge on any atom is 0.410 e. The predicted octanol–water partition coefficient (Wildman–Crippen LogP) is 2.49. The van der Waals surface area contributed by atoms with Crippen LogP contribution in [0.3, 0.4) is 0 Å². The average Bonchev–Trinajstić information content (AvgIpc) is 2.85. The van der Waals surface area contributed by atoms with Gasteiger partial charge in [-0.2, -0.15) is 0 Å². The van der Waals surface area contributed by atoms with Gasteiger partial charge in [0.25, 0.3) is 0 Å². The lowest BCUT2D eigenvalue weighted by Crippen LogP contribution is -2.35. The number of nitrogens with zero attached hydrogens (tertiary/aromatic N) is 3.